The number of nitrogens with one attached hydrogen (secondary N) is 2. The predicted octanol–water partition coefficient (Wildman–Crippen LogP) is -0.151. The molecule has 1 aromatic rings. The highest BCUT2D eigenvalue weighted by molar-refractivity contribution is 5.22. The molecular weight excluding hydrogens is 200 g/mol. The molecule has 1 aromatic heterocycles. The zero-order chi connectivity index (χ0) is 10.9. The predicted molar refractivity (Wildman–Crippen MR) is 51.6 cm³/mol. The second-order valence-electron chi connectivity index (χ2n) is 3.67. The van der Waals surface area contributed by atoms with Crippen LogP contribution >= 0.6 is 0 Å². The second-order valence-corrected chi connectivity index (χ2v) is 3.67. The summed E-state index contributed by atoms with van der Waals surface area (Å²) in [7, 11) is 1.64. The van der Waals surface area contributed by atoms with E-state index in [1.54, 1.807) is 7.11 Å². The van der Waals surface area contributed by atoms with Gasteiger partial charge in [-0.3, -0.25) is 0 Å². The average Bonchev–Trinajstić information content (AvgIpc) is 2.59. The van der Waals surface area contributed by atoms with E-state index < -0.39 is 4.92 Å². The molecule has 0 radical (unpaired) electrons. The lowest BCUT2D eigenvalue weighted by molar-refractivity contribution is -0.389. The summed E-state index contributed by atoms with van der Waals surface area (Å²) in [6.45, 7) is 1.51. The van der Waals surface area contributed by atoms with E-state index in [0.717, 1.165) is 13.1 Å². The van der Waals surface area contributed by atoms with Crippen LogP contribution in [0.15, 0.2) is 6.07 Å². The van der Waals surface area contributed by atoms with Gasteiger partial charge in [-0.25, -0.2) is 0 Å². The Bertz CT molecular complexity index is 366. The van der Waals surface area contributed by atoms with Gasteiger partial charge in [0.15, 0.2) is 0 Å². The Morgan fingerprint density at radius 2 is 2.47 bits per heavy atom. The van der Waals surface area contributed by atoms with Crippen molar-refractivity contribution in [1.82, 2.24) is 15.5 Å². The fourth-order valence-corrected chi connectivity index (χ4v) is 1.61. The van der Waals surface area contributed by atoms with E-state index >= 15 is 0 Å². The van der Waals surface area contributed by atoms with Crippen LogP contribution in [0.25, 0.3) is 0 Å². The number of nitro groups is 1. The molecule has 0 aromatic carbocycles. The molecule has 0 atom stereocenters. The van der Waals surface area contributed by atoms with Crippen LogP contribution in [-0.4, -0.2) is 40.9 Å². The Kier molecular flexibility index (Phi) is 2.41. The van der Waals surface area contributed by atoms with Crippen molar-refractivity contribution in [2.45, 2.75) is 12.0 Å². The second kappa shape index (κ2) is 3.59. The van der Waals surface area contributed by atoms with Crippen LogP contribution in [0.3, 0.4) is 0 Å². The van der Waals surface area contributed by atoms with Gasteiger partial charge in [-0.1, -0.05) is 5.10 Å². The van der Waals surface area contributed by atoms with Crippen molar-refractivity contribution in [3.05, 3.63) is 21.9 Å². The number of hydrogen-bond acceptors (Lipinski definition) is 5. The molecule has 1 saturated heterocycles. The molecule has 0 unspecified atom stereocenters. The summed E-state index contributed by atoms with van der Waals surface area (Å²) < 4.78 is 5.36. The van der Waals surface area contributed by atoms with E-state index in [4.69, 9.17) is 4.74 Å². The number of aromatic amines is 1. The SMILES string of the molecule is COC1(Cc2cc([N+](=O)[O-])[nH]n2)CNC1. The molecular formula is C8H12N4O3. The summed E-state index contributed by atoms with van der Waals surface area (Å²) >= 11 is 0. The van der Waals surface area contributed by atoms with E-state index in [1.165, 1.54) is 6.07 Å². The number of ether oxygens (including phenoxy) is 1. The third-order valence-electron chi connectivity index (χ3n) is 2.64. The van der Waals surface area contributed by atoms with Crippen LogP contribution < -0.4 is 5.32 Å². The number of H-pyrrole nitrogens is 1. The molecule has 7 heteroatoms. The molecule has 1 fully saturated rings. The van der Waals surface area contributed by atoms with Crippen molar-refractivity contribution in [3.8, 4) is 0 Å². The van der Waals surface area contributed by atoms with Gasteiger partial charge in [0.05, 0.1) is 17.4 Å². The van der Waals surface area contributed by atoms with Gasteiger partial charge >= 0.3 is 5.82 Å². The standard InChI is InChI=1S/C8H12N4O3/c1-15-8(4-9-5-8)3-6-2-7(11-10-6)12(13)14/h2,9H,3-5H2,1H3,(H,10,11). The average molecular weight is 212 g/mol. The van der Waals surface area contributed by atoms with E-state index in [0.29, 0.717) is 12.1 Å². The maximum Gasteiger partial charge on any atom is 0.342 e. The first-order chi connectivity index (χ1) is 7.15. The van der Waals surface area contributed by atoms with Crippen molar-refractivity contribution < 1.29 is 9.66 Å². The summed E-state index contributed by atoms with van der Waals surface area (Å²) in [6, 6.07) is 1.44. The molecule has 0 amide bonds. The highest BCUT2D eigenvalue weighted by Crippen LogP contribution is 2.22. The summed E-state index contributed by atoms with van der Waals surface area (Å²) in [5, 5.41) is 19.8. The zero-order valence-electron chi connectivity index (χ0n) is 8.32. The van der Waals surface area contributed by atoms with E-state index in [2.05, 4.69) is 15.5 Å². The molecule has 0 spiro atoms. The minimum Gasteiger partial charge on any atom is -0.375 e. The monoisotopic (exact) mass is 212 g/mol. The largest absolute Gasteiger partial charge is 0.375 e. The number of rotatable bonds is 4. The molecule has 0 saturated carbocycles. The van der Waals surface area contributed by atoms with Gasteiger partial charge in [-0.2, -0.15) is 0 Å². The molecule has 2 heterocycles. The van der Waals surface area contributed by atoms with E-state index in [1.807, 2.05) is 0 Å². The van der Waals surface area contributed by atoms with E-state index in [-0.39, 0.29) is 11.4 Å². The van der Waals surface area contributed by atoms with Crippen molar-refractivity contribution in [1.29, 1.82) is 0 Å². The van der Waals surface area contributed by atoms with Gasteiger partial charge in [0.1, 0.15) is 0 Å². The topological polar surface area (TPSA) is 93.1 Å². The fraction of sp³-hybridized carbons (Fsp3) is 0.625. The van der Waals surface area contributed by atoms with Gasteiger partial charge < -0.3 is 20.2 Å². The van der Waals surface area contributed by atoms with Crippen LogP contribution in [-0.2, 0) is 11.2 Å². The molecule has 82 valence electrons. The lowest BCUT2D eigenvalue weighted by Gasteiger charge is -2.40. The van der Waals surface area contributed by atoms with Gasteiger partial charge in [0.25, 0.3) is 0 Å². The molecule has 15 heavy (non-hydrogen) atoms. The van der Waals surface area contributed by atoms with Gasteiger partial charge in [-0.05, 0) is 4.92 Å². The Hall–Kier alpha value is -1.47. The molecule has 7 nitrogen and oxygen atoms in total. The number of aromatic nitrogens is 2. The van der Waals surface area contributed by atoms with Crippen molar-refractivity contribution in [3.63, 3.8) is 0 Å². The normalized spacial score (nSPS) is 18.5. The van der Waals surface area contributed by atoms with Crippen molar-refractivity contribution >= 4 is 5.82 Å². The Labute approximate surface area is 86.0 Å². The van der Waals surface area contributed by atoms with Crippen LogP contribution in [0, 0.1) is 10.1 Å². The quantitative estimate of drug-likeness (QED) is 0.534. The van der Waals surface area contributed by atoms with Crippen LogP contribution in [0.5, 0.6) is 0 Å². The number of hydrogen-bond donors (Lipinski definition) is 2. The summed E-state index contributed by atoms with van der Waals surface area (Å²) in [5.41, 5.74) is 0.410. The summed E-state index contributed by atoms with van der Waals surface area (Å²) in [6.07, 6.45) is 0.584. The highest BCUT2D eigenvalue weighted by Gasteiger charge is 2.38. The fourth-order valence-electron chi connectivity index (χ4n) is 1.61. The lowest BCUT2D eigenvalue weighted by atomic mass is 9.91. The van der Waals surface area contributed by atoms with Gasteiger partial charge in [0, 0.05) is 26.6 Å². The highest BCUT2D eigenvalue weighted by atomic mass is 16.6. The zero-order valence-corrected chi connectivity index (χ0v) is 8.32. The first-order valence-electron chi connectivity index (χ1n) is 4.60. The Balaban J connectivity index is 2.07. The third-order valence-corrected chi connectivity index (χ3v) is 2.64. The van der Waals surface area contributed by atoms with Gasteiger partial charge in [-0.15, -0.1) is 5.10 Å². The van der Waals surface area contributed by atoms with Crippen molar-refractivity contribution in [2.24, 2.45) is 0 Å². The first kappa shape index (κ1) is 10.1. The maximum atomic E-state index is 10.4. The summed E-state index contributed by atoms with van der Waals surface area (Å²) in [5.74, 6) is -0.0801. The third kappa shape index (κ3) is 1.83. The number of methoxy groups -OCH3 is 1. The van der Waals surface area contributed by atoms with Crippen molar-refractivity contribution in [2.75, 3.05) is 20.2 Å². The molecule has 1 aliphatic rings. The molecule has 0 aliphatic carbocycles. The smallest absolute Gasteiger partial charge is 0.342 e. The maximum absolute atomic E-state index is 10.4. The van der Waals surface area contributed by atoms with Gasteiger partial charge in [0.2, 0.25) is 0 Å². The number of nitrogens with zero attached hydrogens (tertiary/aromatic N) is 2. The lowest BCUT2D eigenvalue weighted by Crippen LogP contribution is -2.61. The minimum atomic E-state index is -0.491. The first-order valence-corrected chi connectivity index (χ1v) is 4.60. The Morgan fingerprint density at radius 3 is 2.87 bits per heavy atom. The minimum absolute atomic E-state index is 0.0801. The Morgan fingerprint density at radius 1 is 1.73 bits per heavy atom. The van der Waals surface area contributed by atoms with Crippen LogP contribution in [0.4, 0.5) is 5.82 Å². The molecule has 0 bridgehead atoms. The molecule has 1 aliphatic heterocycles. The summed E-state index contributed by atoms with van der Waals surface area (Å²) in [4.78, 5) is 9.93. The van der Waals surface area contributed by atoms with Crippen LogP contribution in [0.2, 0.25) is 0 Å². The van der Waals surface area contributed by atoms with Crippen LogP contribution in [0.1, 0.15) is 5.69 Å². The molecule has 2 N–H and O–H groups in total. The van der Waals surface area contributed by atoms with E-state index in [9.17, 15) is 10.1 Å². The molecule has 2 rings (SSSR count).